The van der Waals surface area contributed by atoms with E-state index in [-0.39, 0.29) is 5.60 Å². The molecule has 51 valence electrons. The van der Waals surface area contributed by atoms with E-state index in [2.05, 4.69) is 0 Å². The number of hydrogen-bond donors (Lipinski definition) is 0. The Morgan fingerprint density at radius 1 is 1.67 bits per heavy atom. The number of hydrogen-bond acceptors (Lipinski definition) is 2. The van der Waals surface area contributed by atoms with Gasteiger partial charge in [-0.15, -0.1) is 0 Å². The van der Waals surface area contributed by atoms with E-state index in [4.69, 9.17) is 4.74 Å². The van der Waals surface area contributed by atoms with Crippen LogP contribution in [0.3, 0.4) is 0 Å². The van der Waals surface area contributed by atoms with Crippen molar-refractivity contribution in [2.45, 2.75) is 38.2 Å². The zero-order valence-corrected chi connectivity index (χ0v) is 5.64. The lowest BCUT2D eigenvalue weighted by molar-refractivity contribution is -0.0241. The standard InChI is InChI=1S/C7H11O2/c1-2-7(9-6-8)4-3-5-7/h2-5H2,1H3. The second kappa shape index (κ2) is 2.38. The molecule has 0 amide bonds. The van der Waals surface area contributed by atoms with E-state index in [1.165, 1.54) is 12.9 Å². The molecular formula is C7H11O2. The van der Waals surface area contributed by atoms with Crippen LogP contribution in [0.5, 0.6) is 0 Å². The van der Waals surface area contributed by atoms with Gasteiger partial charge in [-0.05, 0) is 25.7 Å². The van der Waals surface area contributed by atoms with Crippen molar-refractivity contribution in [3.63, 3.8) is 0 Å². The monoisotopic (exact) mass is 127 g/mol. The molecule has 9 heavy (non-hydrogen) atoms. The first-order chi connectivity index (χ1) is 4.33. The topological polar surface area (TPSA) is 26.3 Å². The molecule has 0 saturated heterocycles. The van der Waals surface area contributed by atoms with Gasteiger partial charge >= 0.3 is 6.47 Å². The fraction of sp³-hybridized carbons (Fsp3) is 0.857. The van der Waals surface area contributed by atoms with Crippen molar-refractivity contribution in [1.29, 1.82) is 0 Å². The first kappa shape index (κ1) is 6.59. The van der Waals surface area contributed by atoms with Crippen LogP contribution in [0, 0.1) is 0 Å². The zero-order chi connectivity index (χ0) is 6.74. The summed E-state index contributed by atoms with van der Waals surface area (Å²) in [6.45, 7) is 3.55. The Morgan fingerprint density at radius 3 is 2.44 bits per heavy atom. The van der Waals surface area contributed by atoms with Crippen molar-refractivity contribution in [2.24, 2.45) is 0 Å². The van der Waals surface area contributed by atoms with Crippen molar-refractivity contribution in [3.05, 3.63) is 0 Å². The molecule has 0 heterocycles. The van der Waals surface area contributed by atoms with Gasteiger partial charge in [0.1, 0.15) is 5.60 Å². The normalized spacial score (nSPS) is 22.3. The van der Waals surface area contributed by atoms with Gasteiger partial charge in [0.05, 0.1) is 0 Å². The van der Waals surface area contributed by atoms with Gasteiger partial charge in [0.25, 0.3) is 0 Å². The molecule has 1 rings (SSSR count). The van der Waals surface area contributed by atoms with E-state index in [0.717, 1.165) is 19.3 Å². The highest BCUT2D eigenvalue weighted by molar-refractivity contribution is 5.39. The molecule has 2 heteroatoms. The Hall–Kier alpha value is -0.530. The minimum Gasteiger partial charge on any atom is -0.451 e. The fourth-order valence-corrected chi connectivity index (χ4v) is 1.19. The minimum absolute atomic E-state index is 0.109. The molecule has 1 radical (unpaired) electrons. The molecule has 0 atom stereocenters. The Kier molecular flexibility index (Phi) is 1.74. The van der Waals surface area contributed by atoms with E-state index >= 15 is 0 Å². The molecule has 0 bridgehead atoms. The highest BCUT2D eigenvalue weighted by atomic mass is 16.5. The quantitative estimate of drug-likeness (QED) is 0.572. The van der Waals surface area contributed by atoms with Crippen molar-refractivity contribution in [3.8, 4) is 0 Å². The second-order valence-corrected chi connectivity index (χ2v) is 2.58. The zero-order valence-electron chi connectivity index (χ0n) is 5.64. The smallest absolute Gasteiger partial charge is 0.418 e. The summed E-state index contributed by atoms with van der Waals surface area (Å²) < 4.78 is 4.81. The summed E-state index contributed by atoms with van der Waals surface area (Å²) in [6, 6.07) is 0. The Labute approximate surface area is 55.2 Å². The number of carbonyl (C=O) groups excluding carboxylic acids is 1. The molecule has 1 aliphatic rings. The predicted molar refractivity (Wildman–Crippen MR) is 33.7 cm³/mol. The summed E-state index contributed by atoms with van der Waals surface area (Å²) in [5, 5.41) is 0. The van der Waals surface area contributed by atoms with Crippen LogP contribution >= 0.6 is 0 Å². The third-order valence-corrected chi connectivity index (χ3v) is 2.17. The molecule has 0 spiro atoms. The van der Waals surface area contributed by atoms with Gasteiger partial charge in [-0.2, -0.15) is 0 Å². The van der Waals surface area contributed by atoms with Gasteiger partial charge < -0.3 is 4.74 Å². The maximum atomic E-state index is 9.82. The Morgan fingerprint density at radius 2 is 2.33 bits per heavy atom. The summed E-state index contributed by atoms with van der Waals surface area (Å²) in [7, 11) is 0. The molecule has 1 saturated carbocycles. The van der Waals surface area contributed by atoms with Gasteiger partial charge in [0, 0.05) is 0 Å². The van der Waals surface area contributed by atoms with Crippen molar-refractivity contribution in [1.82, 2.24) is 0 Å². The van der Waals surface area contributed by atoms with E-state index in [1.807, 2.05) is 6.92 Å². The summed E-state index contributed by atoms with van der Waals surface area (Å²) >= 11 is 0. The highest BCUT2D eigenvalue weighted by Gasteiger charge is 2.37. The molecule has 0 N–H and O–H groups in total. The third kappa shape index (κ3) is 1.07. The maximum Gasteiger partial charge on any atom is 0.418 e. The fourth-order valence-electron chi connectivity index (χ4n) is 1.19. The molecule has 2 nitrogen and oxygen atoms in total. The average molecular weight is 127 g/mol. The van der Waals surface area contributed by atoms with Gasteiger partial charge in [0.15, 0.2) is 0 Å². The highest BCUT2D eigenvalue weighted by Crippen LogP contribution is 2.37. The molecule has 1 fully saturated rings. The SMILES string of the molecule is CCC1(O[C]=O)CCC1. The second-order valence-electron chi connectivity index (χ2n) is 2.58. The number of rotatable bonds is 3. The van der Waals surface area contributed by atoms with E-state index < -0.39 is 0 Å². The molecular weight excluding hydrogens is 116 g/mol. The van der Waals surface area contributed by atoms with Gasteiger partial charge in [-0.3, -0.25) is 0 Å². The maximum absolute atomic E-state index is 9.82. The lowest BCUT2D eigenvalue weighted by Crippen LogP contribution is -2.38. The lowest BCUT2D eigenvalue weighted by Gasteiger charge is -2.38. The first-order valence-electron chi connectivity index (χ1n) is 3.38. The van der Waals surface area contributed by atoms with Crippen LogP contribution in [-0.4, -0.2) is 12.1 Å². The lowest BCUT2D eigenvalue weighted by atomic mass is 9.78. The number of ether oxygens (including phenoxy) is 1. The summed E-state index contributed by atoms with van der Waals surface area (Å²) in [6.07, 6.45) is 4.18. The van der Waals surface area contributed by atoms with Gasteiger partial charge in [0.2, 0.25) is 0 Å². The molecule has 0 aromatic rings. The predicted octanol–water partition coefficient (Wildman–Crippen LogP) is 1.40. The van der Waals surface area contributed by atoms with Crippen LogP contribution in [0.4, 0.5) is 0 Å². The Balaban J connectivity index is 2.36. The molecule has 0 aliphatic heterocycles. The van der Waals surface area contributed by atoms with Gasteiger partial charge in [-0.25, -0.2) is 4.79 Å². The van der Waals surface area contributed by atoms with Crippen LogP contribution in [0.25, 0.3) is 0 Å². The van der Waals surface area contributed by atoms with E-state index in [0.29, 0.717) is 0 Å². The van der Waals surface area contributed by atoms with Crippen LogP contribution in [0.2, 0.25) is 0 Å². The first-order valence-corrected chi connectivity index (χ1v) is 3.38. The van der Waals surface area contributed by atoms with Crippen LogP contribution in [-0.2, 0) is 9.53 Å². The summed E-state index contributed by atoms with van der Waals surface area (Å²) in [5.74, 6) is 0. The molecule has 0 aromatic heterocycles. The average Bonchev–Trinajstić information content (AvgIpc) is 1.79. The van der Waals surface area contributed by atoms with Crippen molar-refractivity contribution in [2.75, 3.05) is 0 Å². The van der Waals surface area contributed by atoms with E-state index in [9.17, 15) is 4.79 Å². The van der Waals surface area contributed by atoms with Crippen LogP contribution in [0.15, 0.2) is 0 Å². The summed E-state index contributed by atoms with van der Waals surface area (Å²) in [5.41, 5.74) is -0.109. The molecule has 0 aromatic carbocycles. The summed E-state index contributed by atoms with van der Waals surface area (Å²) in [4.78, 5) is 9.82. The minimum atomic E-state index is -0.109. The Bertz CT molecular complexity index is 100.0. The largest absolute Gasteiger partial charge is 0.451 e. The van der Waals surface area contributed by atoms with E-state index in [1.54, 1.807) is 0 Å². The third-order valence-electron chi connectivity index (χ3n) is 2.17. The van der Waals surface area contributed by atoms with Gasteiger partial charge in [-0.1, -0.05) is 6.92 Å². The molecule has 0 unspecified atom stereocenters. The molecule has 1 aliphatic carbocycles. The van der Waals surface area contributed by atoms with Crippen molar-refractivity contribution < 1.29 is 9.53 Å². The van der Waals surface area contributed by atoms with Crippen LogP contribution in [0.1, 0.15) is 32.6 Å². The van der Waals surface area contributed by atoms with Crippen LogP contribution < -0.4 is 0 Å². The van der Waals surface area contributed by atoms with Crippen molar-refractivity contribution >= 4 is 6.47 Å².